The normalized spacial score (nSPS) is 21.9. The van der Waals surface area contributed by atoms with E-state index in [0.717, 1.165) is 18.1 Å². The lowest BCUT2D eigenvalue weighted by molar-refractivity contribution is 0.570. The molecule has 0 spiro atoms. The molecule has 1 aliphatic rings. The number of aryl methyl sites for hydroxylation is 1. The summed E-state index contributed by atoms with van der Waals surface area (Å²) in [5.41, 5.74) is 2.71. The molecule has 1 aromatic rings. The smallest absolute Gasteiger partial charge is 0.156 e. The van der Waals surface area contributed by atoms with Gasteiger partial charge in [0.05, 0.1) is 0 Å². The molecule has 1 N–H and O–H groups in total. The first-order chi connectivity index (χ1) is 8.78. The maximum atomic E-state index is 4.67. The van der Waals surface area contributed by atoms with E-state index in [-0.39, 0.29) is 0 Å². The minimum absolute atomic E-state index is 0.629. The van der Waals surface area contributed by atoms with E-state index in [1.165, 1.54) is 29.7 Å². The molecule has 3 heteroatoms. The summed E-state index contributed by atoms with van der Waals surface area (Å²) in [6.07, 6.45) is 3.49. The van der Waals surface area contributed by atoms with Gasteiger partial charge < -0.3 is 5.32 Å². The highest BCUT2D eigenvalue weighted by molar-refractivity contribution is 8.13. The number of aliphatic imine (C=N–C) groups is 1. The van der Waals surface area contributed by atoms with Crippen LogP contribution in [0.25, 0.3) is 0 Å². The van der Waals surface area contributed by atoms with Crippen molar-refractivity contribution in [3.05, 3.63) is 35.4 Å². The molecule has 0 amide bonds. The van der Waals surface area contributed by atoms with Crippen molar-refractivity contribution in [3.63, 3.8) is 0 Å². The van der Waals surface area contributed by atoms with Gasteiger partial charge in [-0.15, -0.1) is 0 Å². The highest BCUT2D eigenvalue weighted by Gasteiger charge is 2.14. The van der Waals surface area contributed by atoms with Gasteiger partial charge in [-0.05, 0) is 31.7 Å². The van der Waals surface area contributed by atoms with Gasteiger partial charge in [-0.3, -0.25) is 4.99 Å². The Bertz CT molecular complexity index is 415. The zero-order valence-electron chi connectivity index (χ0n) is 11.3. The number of thioether (sulfide) groups is 1. The highest BCUT2D eigenvalue weighted by Crippen LogP contribution is 2.15. The average Bonchev–Trinajstić information content (AvgIpc) is 2.39. The van der Waals surface area contributed by atoms with Crippen molar-refractivity contribution in [3.8, 4) is 0 Å². The highest BCUT2D eigenvalue weighted by atomic mass is 32.2. The predicted molar refractivity (Wildman–Crippen MR) is 81.5 cm³/mol. The second-order valence-corrected chi connectivity index (χ2v) is 5.90. The Morgan fingerprint density at radius 3 is 3.11 bits per heavy atom. The van der Waals surface area contributed by atoms with Crippen LogP contribution in [0.15, 0.2) is 29.3 Å². The van der Waals surface area contributed by atoms with Gasteiger partial charge in [0.1, 0.15) is 0 Å². The number of rotatable bonds is 4. The Labute approximate surface area is 114 Å². The van der Waals surface area contributed by atoms with Crippen molar-refractivity contribution in [2.24, 2.45) is 4.99 Å². The molecule has 0 aromatic heterocycles. The molecule has 1 fully saturated rings. The van der Waals surface area contributed by atoms with Crippen molar-refractivity contribution in [2.45, 2.75) is 39.2 Å². The monoisotopic (exact) mass is 262 g/mol. The van der Waals surface area contributed by atoms with Gasteiger partial charge in [-0.1, -0.05) is 48.5 Å². The van der Waals surface area contributed by atoms with Crippen molar-refractivity contribution in [2.75, 3.05) is 12.3 Å². The lowest BCUT2D eigenvalue weighted by Gasteiger charge is -2.24. The quantitative estimate of drug-likeness (QED) is 0.899. The summed E-state index contributed by atoms with van der Waals surface area (Å²) < 4.78 is 0. The Kier molecular flexibility index (Phi) is 5.12. The molecule has 1 saturated heterocycles. The van der Waals surface area contributed by atoms with Crippen LogP contribution in [0.1, 0.15) is 30.9 Å². The average molecular weight is 262 g/mol. The number of hydrogen-bond donors (Lipinski definition) is 1. The molecular weight excluding hydrogens is 240 g/mol. The molecule has 2 rings (SSSR count). The van der Waals surface area contributed by atoms with Crippen LogP contribution in [0, 0.1) is 6.92 Å². The topological polar surface area (TPSA) is 24.4 Å². The summed E-state index contributed by atoms with van der Waals surface area (Å²) in [5, 5.41) is 4.65. The number of hydrogen-bond acceptors (Lipinski definition) is 2. The molecule has 18 heavy (non-hydrogen) atoms. The summed E-state index contributed by atoms with van der Waals surface area (Å²) in [4.78, 5) is 4.67. The molecule has 1 aliphatic heterocycles. The first kappa shape index (κ1) is 13.5. The van der Waals surface area contributed by atoms with Crippen molar-refractivity contribution in [1.29, 1.82) is 0 Å². The van der Waals surface area contributed by atoms with E-state index in [1.54, 1.807) is 0 Å². The molecule has 0 aliphatic carbocycles. The third kappa shape index (κ3) is 4.05. The molecule has 2 nitrogen and oxygen atoms in total. The van der Waals surface area contributed by atoms with Crippen molar-refractivity contribution in [1.82, 2.24) is 5.32 Å². The van der Waals surface area contributed by atoms with Crippen LogP contribution in [-0.2, 0) is 6.42 Å². The Morgan fingerprint density at radius 2 is 2.33 bits per heavy atom. The first-order valence-electron chi connectivity index (χ1n) is 6.77. The van der Waals surface area contributed by atoms with E-state index in [9.17, 15) is 0 Å². The summed E-state index contributed by atoms with van der Waals surface area (Å²) in [7, 11) is 0. The van der Waals surface area contributed by atoms with Crippen LogP contribution in [0.5, 0.6) is 0 Å². The fourth-order valence-corrected chi connectivity index (χ4v) is 3.17. The number of amidine groups is 1. The molecule has 1 atom stereocenters. The fraction of sp³-hybridized carbons (Fsp3) is 0.533. The van der Waals surface area contributed by atoms with Crippen LogP contribution in [0.2, 0.25) is 0 Å². The Hall–Kier alpha value is -0.960. The van der Waals surface area contributed by atoms with E-state index < -0.39 is 0 Å². The van der Waals surface area contributed by atoms with E-state index in [0.29, 0.717) is 6.04 Å². The third-order valence-corrected chi connectivity index (χ3v) is 4.22. The van der Waals surface area contributed by atoms with Crippen LogP contribution in [0.4, 0.5) is 0 Å². The zero-order valence-corrected chi connectivity index (χ0v) is 12.1. The minimum atomic E-state index is 0.629. The molecule has 1 unspecified atom stereocenters. The van der Waals surface area contributed by atoms with Gasteiger partial charge in [0.25, 0.3) is 0 Å². The fourth-order valence-electron chi connectivity index (χ4n) is 2.14. The summed E-state index contributed by atoms with van der Waals surface area (Å²) >= 11 is 1.86. The van der Waals surface area contributed by atoms with E-state index in [4.69, 9.17) is 0 Å². The van der Waals surface area contributed by atoms with Crippen LogP contribution >= 0.6 is 11.8 Å². The van der Waals surface area contributed by atoms with Crippen LogP contribution in [-0.4, -0.2) is 23.5 Å². The van der Waals surface area contributed by atoms with Crippen LogP contribution in [0.3, 0.4) is 0 Å². The summed E-state index contributed by atoms with van der Waals surface area (Å²) in [5.74, 6) is 1.20. The number of nitrogens with one attached hydrogen (secondary N) is 1. The molecule has 0 radical (unpaired) electrons. The second kappa shape index (κ2) is 6.83. The maximum absolute atomic E-state index is 4.67. The lowest BCUT2D eigenvalue weighted by Crippen LogP contribution is -2.37. The van der Waals surface area contributed by atoms with Gasteiger partial charge in [0.2, 0.25) is 0 Å². The van der Waals surface area contributed by atoms with Gasteiger partial charge in [0, 0.05) is 18.3 Å². The minimum Gasteiger partial charge on any atom is -0.362 e. The Balaban J connectivity index is 1.83. The molecule has 0 bridgehead atoms. The lowest BCUT2D eigenvalue weighted by atomic mass is 10.1. The van der Waals surface area contributed by atoms with Crippen molar-refractivity contribution >= 4 is 16.9 Å². The molecule has 98 valence electrons. The summed E-state index contributed by atoms with van der Waals surface area (Å²) in [6, 6.07) is 9.32. The van der Waals surface area contributed by atoms with E-state index in [2.05, 4.69) is 48.4 Å². The van der Waals surface area contributed by atoms with Crippen molar-refractivity contribution < 1.29 is 0 Å². The second-order valence-electron chi connectivity index (χ2n) is 4.81. The predicted octanol–water partition coefficient (Wildman–Crippen LogP) is 3.40. The van der Waals surface area contributed by atoms with Crippen LogP contribution < -0.4 is 5.32 Å². The molecule has 1 heterocycles. The maximum Gasteiger partial charge on any atom is 0.156 e. The van der Waals surface area contributed by atoms with Gasteiger partial charge >= 0.3 is 0 Å². The van der Waals surface area contributed by atoms with Gasteiger partial charge in [0.15, 0.2) is 5.17 Å². The molecule has 0 saturated carbocycles. The third-order valence-electron chi connectivity index (χ3n) is 3.26. The largest absolute Gasteiger partial charge is 0.362 e. The standard InChI is InChI=1S/C15H22N2S/c1-3-14-8-10-18-15(17-14)16-9-7-13-6-4-5-12(2)11-13/h4-6,11,14H,3,7-10H2,1-2H3,(H,16,17). The summed E-state index contributed by atoms with van der Waals surface area (Å²) in [6.45, 7) is 5.26. The van der Waals surface area contributed by atoms with E-state index in [1.807, 2.05) is 11.8 Å². The first-order valence-corrected chi connectivity index (χ1v) is 7.76. The van der Waals surface area contributed by atoms with Gasteiger partial charge in [-0.2, -0.15) is 0 Å². The SMILES string of the molecule is CCC1CCSC(=NCCc2cccc(C)c2)N1. The number of nitrogens with zero attached hydrogens (tertiary/aromatic N) is 1. The van der Waals surface area contributed by atoms with Gasteiger partial charge in [-0.25, -0.2) is 0 Å². The zero-order chi connectivity index (χ0) is 12.8. The molecular formula is C15H22N2S. The Morgan fingerprint density at radius 1 is 1.44 bits per heavy atom. The number of benzene rings is 1. The molecule has 1 aromatic carbocycles. The van der Waals surface area contributed by atoms with E-state index >= 15 is 0 Å².